The second kappa shape index (κ2) is 5.47. The van der Waals surface area contributed by atoms with Gasteiger partial charge in [-0.15, -0.1) is 0 Å². The van der Waals surface area contributed by atoms with E-state index in [1.54, 1.807) is 0 Å². The molecule has 0 heterocycles. The summed E-state index contributed by atoms with van der Waals surface area (Å²) in [7, 11) is 0. The van der Waals surface area contributed by atoms with Crippen LogP contribution in [0.3, 0.4) is 0 Å². The molecule has 2 bridgehead atoms. The number of benzene rings is 1. The van der Waals surface area contributed by atoms with Crippen molar-refractivity contribution in [3.05, 3.63) is 29.3 Å². The maximum absolute atomic E-state index is 12.3. The first-order chi connectivity index (χ1) is 9.67. The fourth-order valence-corrected chi connectivity index (χ4v) is 3.78. The largest absolute Gasteiger partial charge is 0.494 e. The van der Waals surface area contributed by atoms with Crippen molar-refractivity contribution in [2.75, 3.05) is 6.61 Å². The van der Waals surface area contributed by atoms with Crippen LogP contribution in [0.2, 0.25) is 0 Å². The van der Waals surface area contributed by atoms with E-state index in [1.807, 2.05) is 32.0 Å². The Kier molecular flexibility index (Phi) is 3.68. The molecule has 0 aromatic heterocycles. The lowest BCUT2D eigenvalue weighted by atomic mass is 9.95. The zero-order valence-electron chi connectivity index (χ0n) is 12.3. The lowest BCUT2D eigenvalue weighted by Crippen LogP contribution is -2.38. The normalized spacial score (nSPS) is 27.6. The van der Waals surface area contributed by atoms with Crippen LogP contribution in [0.4, 0.5) is 0 Å². The van der Waals surface area contributed by atoms with Gasteiger partial charge in [0.15, 0.2) is 0 Å². The molecule has 0 radical (unpaired) electrons. The van der Waals surface area contributed by atoms with Crippen LogP contribution in [0.15, 0.2) is 18.2 Å². The molecule has 2 aliphatic rings. The molecular weight excluding hydrogens is 250 g/mol. The first-order valence-electron chi connectivity index (χ1n) is 7.71. The van der Waals surface area contributed by atoms with Crippen molar-refractivity contribution in [2.24, 2.45) is 11.8 Å². The van der Waals surface area contributed by atoms with E-state index in [4.69, 9.17) is 4.74 Å². The highest BCUT2D eigenvalue weighted by atomic mass is 16.5. The van der Waals surface area contributed by atoms with Gasteiger partial charge in [0, 0.05) is 11.6 Å². The molecule has 1 aromatic rings. The Labute approximate surface area is 120 Å². The summed E-state index contributed by atoms with van der Waals surface area (Å²) in [5.74, 6) is 2.50. The monoisotopic (exact) mass is 273 g/mol. The van der Waals surface area contributed by atoms with Crippen molar-refractivity contribution in [1.29, 1.82) is 0 Å². The molecule has 3 nitrogen and oxygen atoms in total. The zero-order valence-corrected chi connectivity index (χ0v) is 12.3. The van der Waals surface area contributed by atoms with Crippen molar-refractivity contribution in [2.45, 2.75) is 45.6 Å². The van der Waals surface area contributed by atoms with Gasteiger partial charge in [0.05, 0.1) is 6.61 Å². The molecule has 2 saturated carbocycles. The van der Waals surface area contributed by atoms with Crippen molar-refractivity contribution in [3.63, 3.8) is 0 Å². The number of hydrogen-bond acceptors (Lipinski definition) is 2. The molecule has 20 heavy (non-hydrogen) atoms. The Hall–Kier alpha value is -1.51. The molecule has 108 valence electrons. The van der Waals surface area contributed by atoms with Crippen LogP contribution in [-0.2, 0) is 0 Å². The SMILES string of the molecule is CCOc1ccc(C(=O)NC2CC3CCC2C3)cc1C. The number of amides is 1. The summed E-state index contributed by atoms with van der Waals surface area (Å²) in [5, 5.41) is 3.23. The van der Waals surface area contributed by atoms with Gasteiger partial charge in [0.25, 0.3) is 5.91 Å². The van der Waals surface area contributed by atoms with Crippen LogP contribution in [0.25, 0.3) is 0 Å². The molecule has 0 saturated heterocycles. The predicted octanol–water partition coefficient (Wildman–Crippen LogP) is 3.31. The standard InChI is InChI=1S/C17H23NO2/c1-3-20-16-7-6-14(8-11(16)2)17(19)18-15-10-12-4-5-13(15)9-12/h6-8,12-13,15H,3-5,9-10H2,1-2H3,(H,18,19). The lowest BCUT2D eigenvalue weighted by molar-refractivity contribution is 0.0923. The fourth-order valence-electron chi connectivity index (χ4n) is 3.78. The first kappa shape index (κ1) is 13.5. The lowest BCUT2D eigenvalue weighted by Gasteiger charge is -2.23. The molecule has 3 atom stereocenters. The smallest absolute Gasteiger partial charge is 0.251 e. The van der Waals surface area contributed by atoms with Crippen LogP contribution >= 0.6 is 0 Å². The van der Waals surface area contributed by atoms with Crippen molar-refractivity contribution in [3.8, 4) is 5.75 Å². The minimum atomic E-state index is 0.0636. The van der Waals surface area contributed by atoms with Crippen LogP contribution in [0.1, 0.15) is 48.5 Å². The fraction of sp³-hybridized carbons (Fsp3) is 0.588. The average Bonchev–Trinajstić information content (AvgIpc) is 3.03. The van der Waals surface area contributed by atoms with E-state index in [0.717, 1.165) is 22.8 Å². The van der Waals surface area contributed by atoms with Gasteiger partial charge in [0.1, 0.15) is 5.75 Å². The van der Waals surface area contributed by atoms with Crippen LogP contribution in [-0.4, -0.2) is 18.6 Å². The summed E-state index contributed by atoms with van der Waals surface area (Å²) < 4.78 is 5.51. The quantitative estimate of drug-likeness (QED) is 0.914. The number of nitrogens with one attached hydrogen (secondary N) is 1. The number of carbonyl (C=O) groups is 1. The molecule has 2 aliphatic carbocycles. The highest BCUT2D eigenvalue weighted by Crippen LogP contribution is 2.44. The van der Waals surface area contributed by atoms with E-state index in [2.05, 4.69) is 5.32 Å². The van der Waals surface area contributed by atoms with Crippen molar-refractivity contribution in [1.82, 2.24) is 5.32 Å². The van der Waals surface area contributed by atoms with E-state index in [-0.39, 0.29) is 5.91 Å². The molecule has 1 amide bonds. The second-order valence-electron chi connectivity index (χ2n) is 6.17. The first-order valence-corrected chi connectivity index (χ1v) is 7.71. The third kappa shape index (κ3) is 2.54. The number of rotatable bonds is 4. The zero-order chi connectivity index (χ0) is 14.1. The molecule has 1 N–H and O–H groups in total. The molecule has 1 aromatic carbocycles. The Morgan fingerprint density at radius 1 is 1.35 bits per heavy atom. The third-order valence-corrected chi connectivity index (χ3v) is 4.79. The summed E-state index contributed by atoms with van der Waals surface area (Å²) in [4.78, 5) is 12.3. The molecule has 3 rings (SSSR count). The van der Waals surface area contributed by atoms with Crippen LogP contribution in [0, 0.1) is 18.8 Å². The third-order valence-electron chi connectivity index (χ3n) is 4.79. The van der Waals surface area contributed by atoms with Gasteiger partial charge < -0.3 is 10.1 Å². The van der Waals surface area contributed by atoms with Gasteiger partial charge in [-0.3, -0.25) is 4.79 Å². The summed E-state index contributed by atoms with van der Waals surface area (Å²) in [6.45, 7) is 4.60. The van der Waals surface area contributed by atoms with E-state index in [1.165, 1.54) is 25.7 Å². The van der Waals surface area contributed by atoms with Crippen molar-refractivity contribution >= 4 is 5.91 Å². The van der Waals surface area contributed by atoms with Crippen LogP contribution in [0.5, 0.6) is 5.75 Å². The van der Waals surface area contributed by atoms with Crippen LogP contribution < -0.4 is 10.1 Å². The number of hydrogen-bond donors (Lipinski definition) is 1. The molecule has 2 fully saturated rings. The summed E-state index contributed by atoms with van der Waals surface area (Å²) in [6.07, 6.45) is 5.14. The maximum atomic E-state index is 12.3. The average molecular weight is 273 g/mol. The van der Waals surface area contributed by atoms with E-state index in [9.17, 15) is 4.79 Å². The predicted molar refractivity (Wildman–Crippen MR) is 79.1 cm³/mol. The van der Waals surface area contributed by atoms with E-state index in [0.29, 0.717) is 18.6 Å². The van der Waals surface area contributed by atoms with Gasteiger partial charge in [-0.2, -0.15) is 0 Å². The highest BCUT2D eigenvalue weighted by Gasteiger charge is 2.40. The summed E-state index contributed by atoms with van der Waals surface area (Å²) in [5.41, 5.74) is 1.76. The van der Waals surface area contributed by atoms with Gasteiger partial charge in [-0.1, -0.05) is 6.42 Å². The van der Waals surface area contributed by atoms with Gasteiger partial charge in [-0.05, 0) is 68.7 Å². The number of fused-ring (bicyclic) bond motifs is 2. The Morgan fingerprint density at radius 2 is 2.20 bits per heavy atom. The molecule has 0 aliphatic heterocycles. The molecular formula is C17H23NO2. The second-order valence-corrected chi connectivity index (χ2v) is 6.17. The molecule has 0 spiro atoms. The highest BCUT2D eigenvalue weighted by molar-refractivity contribution is 5.94. The topological polar surface area (TPSA) is 38.3 Å². The van der Waals surface area contributed by atoms with E-state index < -0.39 is 0 Å². The number of carbonyl (C=O) groups excluding carboxylic acids is 1. The minimum Gasteiger partial charge on any atom is -0.494 e. The maximum Gasteiger partial charge on any atom is 0.251 e. The molecule has 3 unspecified atom stereocenters. The van der Waals surface area contributed by atoms with Gasteiger partial charge in [-0.25, -0.2) is 0 Å². The number of aryl methyl sites for hydroxylation is 1. The van der Waals surface area contributed by atoms with Crippen molar-refractivity contribution < 1.29 is 9.53 Å². The Balaban J connectivity index is 1.66. The van der Waals surface area contributed by atoms with Gasteiger partial charge in [0.2, 0.25) is 0 Å². The van der Waals surface area contributed by atoms with Gasteiger partial charge >= 0.3 is 0 Å². The number of ether oxygens (including phenoxy) is 1. The Bertz CT molecular complexity index is 512. The van der Waals surface area contributed by atoms with E-state index >= 15 is 0 Å². The Morgan fingerprint density at radius 3 is 2.80 bits per heavy atom. The summed E-state index contributed by atoms with van der Waals surface area (Å²) in [6, 6.07) is 6.08. The minimum absolute atomic E-state index is 0.0636. The molecule has 3 heteroatoms. The summed E-state index contributed by atoms with van der Waals surface area (Å²) >= 11 is 0.